The first-order valence-electron chi connectivity index (χ1n) is 27.0. The first kappa shape index (κ1) is 52.3. The summed E-state index contributed by atoms with van der Waals surface area (Å²) in [5, 5.41) is 0. The lowest BCUT2D eigenvalue weighted by molar-refractivity contribution is -0.124. The van der Waals surface area contributed by atoms with E-state index in [1.165, 1.54) is 38.5 Å². The number of unbranched alkanes of at least 4 members (excludes halogenated alkanes) is 4. The molecule has 0 saturated carbocycles. The van der Waals surface area contributed by atoms with Crippen molar-refractivity contribution >= 4 is 23.2 Å². The topological polar surface area (TPSA) is 59.1 Å². The zero-order valence-electron chi connectivity index (χ0n) is 43.2. The summed E-state index contributed by atoms with van der Waals surface area (Å²) in [5.41, 5.74) is 8.78. The number of nitrogens with zero attached hydrogens (tertiary/aromatic N) is 2. The van der Waals surface area contributed by atoms with Crippen LogP contribution in [0.5, 0.6) is 11.5 Å². The molecule has 0 spiro atoms. The number of ether oxygens (including phenoxy) is 2. The van der Waals surface area contributed by atoms with Gasteiger partial charge in [0.15, 0.2) is 0 Å². The van der Waals surface area contributed by atoms with Gasteiger partial charge in [0.1, 0.15) is 11.5 Å². The molecule has 4 unspecified atom stereocenters. The van der Waals surface area contributed by atoms with Gasteiger partial charge in [-0.3, -0.25) is 9.59 Å². The van der Waals surface area contributed by atoms with Gasteiger partial charge in [-0.05, 0) is 107 Å². The van der Waals surface area contributed by atoms with Gasteiger partial charge in [-0.25, -0.2) is 0 Å². The fourth-order valence-electron chi connectivity index (χ4n) is 10.0. The smallest absolute Gasteiger partial charge is 0.261 e. The van der Waals surface area contributed by atoms with Crippen LogP contribution in [-0.4, -0.2) is 47.9 Å². The van der Waals surface area contributed by atoms with Crippen molar-refractivity contribution in [3.05, 3.63) is 119 Å². The maximum Gasteiger partial charge on any atom is 0.261 e. The van der Waals surface area contributed by atoms with E-state index in [-0.39, 0.29) is 11.8 Å². The van der Waals surface area contributed by atoms with Gasteiger partial charge in [-0.2, -0.15) is 0 Å². The second-order valence-corrected chi connectivity index (χ2v) is 19.8. The van der Waals surface area contributed by atoms with Gasteiger partial charge in [0.05, 0.1) is 35.8 Å². The molecule has 4 aromatic rings. The Labute approximate surface area is 411 Å². The van der Waals surface area contributed by atoms with E-state index in [1.807, 2.05) is 9.80 Å². The molecule has 0 bridgehead atoms. The highest BCUT2D eigenvalue weighted by Crippen LogP contribution is 2.48. The summed E-state index contributed by atoms with van der Waals surface area (Å²) in [5.74, 6) is 3.48. The summed E-state index contributed by atoms with van der Waals surface area (Å²) in [6, 6.07) is 33.8. The fraction of sp³-hybridized carbons (Fsp3) is 0.516. The molecule has 0 aliphatic carbocycles. The van der Waals surface area contributed by atoms with Crippen LogP contribution in [0.4, 0.5) is 0 Å². The van der Waals surface area contributed by atoms with E-state index in [4.69, 9.17) is 9.47 Å². The number of amides is 2. The third kappa shape index (κ3) is 13.2. The molecule has 6 rings (SSSR count). The number of benzene rings is 4. The van der Waals surface area contributed by atoms with Crippen molar-refractivity contribution in [2.24, 2.45) is 23.7 Å². The number of carbonyl (C=O) groups excluding carboxylic acids is 2. The van der Waals surface area contributed by atoms with Crippen LogP contribution in [0, 0.1) is 23.7 Å². The van der Waals surface area contributed by atoms with Crippen LogP contribution in [0.2, 0.25) is 0 Å². The Morgan fingerprint density at radius 1 is 0.368 bits per heavy atom. The summed E-state index contributed by atoms with van der Waals surface area (Å²) < 4.78 is 12.5. The van der Waals surface area contributed by atoms with Crippen molar-refractivity contribution in [2.45, 2.75) is 158 Å². The van der Waals surface area contributed by atoms with Crippen molar-refractivity contribution in [3.63, 3.8) is 0 Å². The predicted molar refractivity (Wildman–Crippen MR) is 285 cm³/mol. The first-order chi connectivity index (χ1) is 33.2. The third-order valence-electron chi connectivity index (χ3n) is 14.9. The standard InChI is InChI=1S/C62H84N2O4/c1-9-17-21-45(13-5)41-63-59(53-29-25-49(26-30-53)51-33-37-55(38-34-51)67-43-47(15-7)23-19-11-3)57-58(61(63)65)60(64(62(57)66)42-46(14-6)22-18-10-2)54-31-27-50(28-32-54)52-35-39-56(40-36-52)68-44-48(16-8)24-20-12-4/h25-40,45-48H,9-24,41-44H2,1-8H3. The van der Waals surface area contributed by atoms with Crippen molar-refractivity contribution in [1.29, 1.82) is 0 Å². The third-order valence-corrected chi connectivity index (χ3v) is 14.9. The molecule has 366 valence electrons. The zero-order valence-corrected chi connectivity index (χ0v) is 43.2. The molecule has 2 amide bonds. The van der Waals surface area contributed by atoms with Crippen LogP contribution in [0.1, 0.15) is 169 Å². The molecular formula is C62H84N2O4. The van der Waals surface area contributed by atoms with Gasteiger partial charge in [-0.15, -0.1) is 0 Å². The predicted octanol–water partition coefficient (Wildman–Crippen LogP) is 16.5. The lowest BCUT2D eigenvalue weighted by atomic mass is 9.97. The highest BCUT2D eigenvalue weighted by atomic mass is 16.5. The molecule has 2 aliphatic heterocycles. The van der Waals surface area contributed by atoms with Gasteiger partial charge in [-0.1, -0.05) is 205 Å². The van der Waals surface area contributed by atoms with Crippen LogP contribution >= 0.6 is 0 Å². The number of carbonyl (C=O) groups is 2. The van der Waals surface area contributed by atoms with E-state index in [2.05, 4.69) is 152 Å². The summed E-state index contributed by atoms with van der Waals surface area (Å²) in [6.45, 7) is 20.6. The monoisotopic (exact) mass is 921 g/mol. The lowest BCUT2D eigenvalue weighted by Crippen LogP contribution is -2.34. The highest BCUT2D eigenvalue weighted by Gasteiger charge is 2.49. The molecule has 0 fully saturated rings. The molecule has 6 nitrogen and oxygen atoms in total. The van der Waals surface area contributed by atoms with Crippen LogP contribution < -0.4 is 9.47 Å². The largest absolute Gasteiger partial charge is 0.493 e. The minimum Gasteiger partial charge on any atom is -0.493 e. The van der Waals surface area contributed by atoms with E-state index in [1.54, 1.807) is 0 Å². The molecule has 4 atom stereocenters. The minimum atomic E-state index is -0.0586. The molecular weight excluding hydrogens is 837 g/mol. The number of hydrogen-bond acceptors (Lipinski definition) is 4. The van der Waals surface area contributed by atoms with Gasteiger partial charge in [0.2, 0.25) is 0 Å². The van der Waals surface area contributed by atoms with Crippen LogP contribution in [0.15, 0.2) is 108 Å². The normalized spacial score (nSPS) is 15.6. The average Bonchev–Trinajstić information content (AvgIpc) is 3.82. The second kappa shape index (κ2) is 26.6. The maximum absolute atomic E-state index is 15.3. The van der Waals surface area contributed by atoms with Crippen LogP contribution in [-0.2, 0) is 9.59 Å². The minimum absolute atomic E-state index is 0.0586. The molecule has 2 heterocycles. The van der Waals surface area contributed by atoms with Gasteiger partial charge >= 0.3 is 0 Å². The molecule has 0 aromatic heterocycles. The Kier molecular flexibility index (Phi) is 20.4. The number of fused-ring (bicyclic) bond motifs is 1. The maximum atomic E-state index is 15.3. The second-order valence-electron chi connectivity index (χ2n) is 19.8. The molecule has 0 radical (unpaired) electrons. The average molecular weight is 921 g/mol. The van der Waals surface area contributed by atoms with Crippen molar-refractivity contribution < 1.29 is 19.1 Å². The Morgan fingerprint density at radius 2 is 0.632 bits per heavy atom. The van der Waals surface area contributed by atoms with E-state index >= 15 is 9.59 Å². The lowest BCUT2D eigenvalue weighted by Gasteiger charge is -2.29. The Morgan fingerprint density at radius 3 is 0.912 bits per heavy atom. The summed E-state index contributed by atoms with van der Waals surface area (Å²) in [7, 11) is 0. The van der Waals surface area contributed by atoms with Crippen LogP contribution in [0.25, 0.3) is 33.6 Å². The van der Waals surface area contributed by atoms with Crippen molar-refractivity contribution in [3.8, 4) is 33.8 Å². The van der Waals surface area contributed by atoms with Crippen molar-refractivity contribution in [2.75, 3.05) is 26.3 Å². The Hall–Kier alpha value is -5.10. The fourth-order valence-corrected chi connectivity index (χ4v) is 10.0. The van der Waals surface area contributed by atoms with E-state index in [0.717, 1.165) is 134 Å². The zero-order chi connectivity index (χ0) is 48.4. The highest BCUT2D eigenvalue weighted by molar-refractivity contribution is 6.30. The SMILES string of the molecule is CCCCC(CC)COc1ccc(-c2ccc(C3=C4C(=O)N(CC(CC)CCCC)C(c5ccc(-c6ccc(OCC(CC)CCCC)cc6)cc5)=C4C(=O)N3CC(CC)CCCC)cc2)cc1. The number of hydrogen-bond donors (Lipinski definition) is 0. The Balaban J connectivity index is 1.36. The molecule has 6 heteroatoms. The molecule has 2 aliphatic rings. The van der Waals surface area contributed by atoms with E-state index in [9.17, 15) is 0 Å². The van der Waals surface area contributed by atoms with E-state index < -0.39 is 0 Å². The quantitative estimate of drug-likeness (QED) is 0.0523. The summed E-state index contributed by atoms with van der Waals surface area (Å²) in [6.07, 6.45) is 18.0. The van der Waals surface area contributed by atoms with Crippen LogP contribution in [0.3, 0.4) is 0 Å². The van der Waals surface area contributed by atoms with Crippen molar-refractivity contribution in [1.82, 2.24) is 9.80 Å². The molecule has 68 heavy (non-hydrogen) atoms. The van der Waals surface area contributed by atoms with Gasteiger partial charge in [0, 0.05) is 13.1 Å². The van der Waals surface area contributed by atoms with Gasteiger partial charge in [0.25, 0.3) is 11.8 Å². The molecule has 4 aromatic carbocycles. The Bertz CT molecular complexity index is 2080. The summed E-state index contributed by atoms with van der Waals surface area (Å²) in [4.78, 5) is 34.5. The van der Waals surface area contributed by atoms with Gasteiger partial charge < -0.3 is 19.3 Å². The number of rotatable bonds is 30. The van der Waals surface area contributed by atoms with E-state index in [0.29, 0.717) is 47.9 Å². The first-order valence-corrected chi connectivity index (χ1v) is 27.0. The molecule has 0 N–H and O–H groups in total. The molecule has 0 saturated heterocycles. The summed E-state index contributed by atoms with van der Waals surface area (Å²) >= 11 is 0.